The molecule has 0 bridgehead atoms. The third-order valence-corrected chi connectivity index (χ3v) is 2.36. The van der Waals surface area contributed by atoms with E-state index in [1.165, 1.54) is 32.1 Å². The lowest BCUT2D eigenvalue weighted by Gasteiger charge is -2.22. The van der Waals surface area contributed by atoms with E-state index in [2.05, 4.69) is 6.92 Å². The van der Waals surface area contributed by atoms with Crippen LogP contribution in [0.25, 0.3) is 0 Å². The Balaban J connectivity index is 0. The molecule has 128 valence electrons. The fraction of sp³-hybridized carbons (Fsp3) is 0.929. The number of likely N-dealkylation sites (N-methyl/N-ethyl adjacent to an activating group) is 1. The van der Waals surface area contributed by atoms with Crippen molar-refractivity contribution in [2.24, 2.45) is 0 Å². The summed E-state index contributed by atoms with van der Waals surface area (Å²) in [6.07, 6.45) is 7.96. The van der Waals surface area contributed by atoms with Crippen LogP contribution in [-0.4, -0.2) is 64.0 Å². The number of hydrogen-bond donors (Lipinski definition) is 0. The molecule has 0 aliphatic carbocycles. The number of esters is 1. The van der Waals surface area contributed by atoms with Crippen molar-refractivity contribution in [3.8, 4) is 0 Å². The maximum Gasteiger partial charge on any atom is 0.361 e. The second kappa shape index (κ2) is 11.9. The van der Waals surface area contributed by atoms with Crippen molar-refractivity contribution in [2.75, 3.05) is 40.6 Å². The molecule has 0 aromatic heterocycles. The summed E-state index contributed by atoms with van der Waals surface area (Å²) in [7, 11) is 2.06. The minimum absolute atomic E-state index is 0.0824. The van der Waals surface area contributed by atoms with E-state index >= 15 is 0 Å². The maximum absolute atomic E-state index is 11.4. The molecule has 7 heteroatoms. The van der Waals surface area contributed by atoms with Gasteiger partial charge < -0.3 is 13.8 Å². The van der Waals surface area contributed by atoms with Crippen LogP contribution in [0.3, 0.4) is 0 Å². The zero-order valence-electron chi connectivity index (χ0n) is 14.1. The second-order valence-corrected chi connectivity index (χ2v) is 7.55. The number of quaternary nitrogens is 1. The Bertz CT molecular complexity index is 352. The highest BCUT2D eigenvalue weighted by Gasteiger charge is 2.14. The summed E-state index contributed by atoms with van der Waals surface area (Å²) in [6, 6.07) is 0. The molecular formula is C14H31NO5S. The Labute approximate surface area is 129 Å². The van der Waals surface area contributed by atoms with Gasteiger partial charge in [-0.25, -0.2) is 13.2 Å². The number of unbranched alkanes of at least 4 members (excludes halogenated alkanes) is 5. The summed E-state index contributed by atoms with van der Waals surface area (Å²) in [5, 5.41) is 0. The van der Waals surface area contributed by atoms with Crippen molar-refractivity contribution >= 4 is 16.1 Å². The van der Waals surface area contributed by atoms with Crippen molar-refractivity contribution in [2.45, 2.75) is 45.4 Å². The first-order chi connectivity index (χ1) is 9.45. The molecule has 0 saturated heterocycles. The number of hydrogen-bond acceptors (Lipinski definition) is 5. The lowest BCUT2D eigenvalue weighted by Crippen LogP contribution is -2.40. The largest absolute Gasteiger partial charge is 0.748 e. The molecule has 0 fully saturated rings. The molecule has 0 aliphatic rings. The second-order valence-electron chi connectivity index (χ2n) is 6.14. The summed E-state index contributed by atoms with van der Waals surface area (Å²) >= 11 is 0. The highest BCUT2D eigenvalue weighted by molar-refractivity contribution is 7.84. The normalized spacial score (nSPS) is 11.5. The van der Waals surface area contributed by atoms with Crippen LogP contribution < -0.4 is 0 Å². The standard InChI is InChI=1S/C13H28NO2.CH4O3S/c1-5-6-7-8-9-10-11-16-13(15)12-14(2,3)4;1-5(2,3)4/h5-12H2,1-4H3;1H3,(H,2,3,4)/q+1;/p-1. The average Bonchev–Trinajstić information content (AvgIpc) is 2.23. The van der Waals surface area contributed by atoms with E-state index in [4.69, 9.17) is 17.7 Å². The van der Waals surface area contributed by atoms with Crippen molar-refractivity contribution in [1.82, 2.24) is 0 Å². The third kappa shape index (κ3) is 32.7. The monoisotopic (exact) mass is 325 g/mol. The van der Waals surface area contributed by atoms with Crippen LogP contribution in [0, 0.1) is 0 Å². The van der Waals surface area contributed by atoms with Gasteiger partial charge in [-0.15, -0.1) is 0 Å². The van der Waals surface area contributed by atoms with Crippen molar-refractivity contribution in [3.05, 3.63) is 0 Å². The molecule has 0 radical (unpaired) electrons. The number of carbonyl (C=O) groups is 1. The molecule has 6 nitrogen and oxygen atoms in total. The van der Waals surface area contributed by atoms with Gasteiger partial charge in [-0.1, -0.05) is 39.0 Å². The molecule has 0 spiro atoms. The van der Waals surface area contributed by atoms with Gasteiger partial charge in [0.1, 0.15) is 0 Å². The third-order valence-electron chi connectivity index (χ3n) is 2.36. The van der Waals surface area contributed by atoms with Crippen molar-refractivity contribution in [3.63, 3.8) is 0 Å². The molecule has 0 rings (SSSR count). The summed E-state index contributed by atoms with van der Waals surface area (Å²) < 4.78 is 33.0. The Morgan fingerprint density at radius 2 is 1.48 bits per heavy atom. The number of rotatable bonds is 9. The molecule has 0 saturated carbocycles. The van der Waals surface area contributed by atoms with Gasteiger partial charge in [0.2, 0.25) is 0 Å². The summed E-state index contributed by atoms with van der Waals surface area (Å²) in [4.78, 5) is 11.4. The SMILES string of the molecule is CCCCCCCCOC(=O)C[N+](C)(C)C.CS(=O)(=O)[O-]. The predicted octanol–water partition coefficient (Wildman–Crippen LogP) is 1.76. The smallest absolute Gasteiger partial charge is 0.361 e. The van der Waals surface area contributed by atoms with Gasteiger partial charge in [-0.2, -0.15) is 0 Å². The zero-order chi connectivity index (χ0) is 16.9. The fourth-order valence-corrected chi connectivity index (χ4v) is 1.50. The topological polar surface area (TPSA) is 83.5 Å². The molecule has 21 heavy (non-hydrogen) atoms. The van der Waals surface area contributed by atoms with Gasteiger partial charge in [0, 0.05) is 6.26 Å². The molecule has 0 aromatic rings. The zero-order valence-corrected chi connectivity index (χ0v) is 14.9. The lowest BCUT2D eigenvalue weighted by atomic mass is 10.1. The van der Waals surface area contributed by atoms with E-state index in [0.29, 0.717) is 23.9 Å². The molecule has 0 amide bonds. The van der Waals surface area contributed by atoms with Crippen LogP contribution in [0.5, 0.6) is 0 Å². The van der Waals surface area contributed by atoms with Gasteiger partial charge in [-0.3, -0.25) is 0 Å². The van der Waals surface area contributed by atoms with Gasteiger partial charge in [0.15, 0.2) is 6.54 Å². The van der Waals surface area contributed by atoms with E-state index in [1.54, 1.807) is 0 Å². The number of ether oxygens (including phenoxy) is 1. The Morgan fingerprint density at radius 3 is 1.90 bits per heavy atom. The molecule has 0 N–H and O–H groups in total. The average molecular weight is 325 g/mol. The van der Waals surface area contributed by atoms with Crippen LogP contribution in [0.15, 0.2) is 0 Å². The molecule has 0 unspecified atom stereocenters. The first-order valence-electron chi connectivity index (χ1n) is 7.32. The van der Waals surface area contributed by atoms with Crippen molar-refractivity contribution < 1.29 is 27.0 Å². The predicted molar refractivity (Wildman–Crippen MR) is 82.9 cm³/mol. The highest BCUT2D eigenvalue weighted by Crippen LogP contribution is 2.05. The first-order valence-corrected chi connectivity index (χ1v) is 9.14. The van der Waals surface area contributed by atoms with E-state index in [9.17, 15) is 4.79 Å². The lowest BCUT2D eigenvalue weighted by molar-refractivity contribution is -0.862. The van der Waals surface area contributed by atoms with Crippen LogP contribution in [0.2, 0.25) is 0 Å². The minimum atomic E-state index is -3.92. The van der Waals surface area contributed by atoms with Crippen LogP contribution in [0.1, 0.15) is 45.4 Å². The summed E-state index contributed by atoms with van der Waals surface area (Å²) in [5.74, 6) is -0.0824. The fourth-order valence-electron chi connectivity index (χ4n) is 1.50. The summed E-state index contributed by atoms with van der Waals surface area (Å²) in [6.45, 7) is 3.26. The van der Waals surface area contributed by atoms with Crippen LogP contribution in [0.4, 0.5) is 0 Å². The Morgan fingerprint density at radius 1 is 1.05 bits per heavy atom. The summed E-state index contributed by atoms with van der Waals surface area (Å²) in [5.41, 5.74) is 0. The van der Waals surface area contributed by atoms with E-state index < -0.39 is 10.1 Å². The molecule has 0 heterocycles. The van der Waals surface area contributed by atoms with Crippen LogP contribution >= 0.6 is 0 Å². The molecular weight excluding hydrogens is 294 g/mol. The van der Waals surface area contributed by atoms with E-state index in [1.807, 2.05) is 21.1 Å². The van der Waals surface area contributed by atoms with Gasteiger partial charge in [-0.05, 0) is 6.42 Å². The molecule has 0 aliphatic heterocycles. The van der Waals surface area contributed by atoms with E-state index in [-0.39, 0.29) is 5.97 Å². The first kappa shape index (κ1) is 22.6. The van der Waals surface area contributed by atoms with Gasteiger partial charge >= 0.3 is 5.97 Å². The van der Waals surface area contributed by atoms with Crippen LogP contribution in [-0.2, 0) is 19.6 Å². The van der Waals surface area contributed by atoms with E-state index in [0.717, 1.165) is 6.42 Å². The molecule has 0 atom stereocenters. The van der Waals surface area contributed by atoms with Crippen molar-refractivity contribution in [1.29, 1.82) is 0 Å². The molecule has 0 aromatic carbocycles. The number of nitrogens with zero attached hydrogens (tertiary/aromatic N) is 1. The minimum Gasteiger partial charge on any atom is -0.748 e. The maximum atomic E-state index is 11.4. The Kier molecular flexibility index (Phi) is 12.9. The number of carbonyl (C=O) groups excluding carboxylic acids is 1. The Hall–Kier alpha value is -0.660. The quantitative estimate of drug-likeness (QED) is 0.279. The van der Waals surface area contributed by atoms with Gasteiger partial charge in [0.05, 0.1) is 37.9 Å². The highest BCUT2D eigenvalue weighted by atomic mass is 32.2. The van der Waals surface area contributed by atoms with Gasteiger partial charge in [0.25, 0.3) is 0 Å².